The number of nitriles is 1. The first kappa shape index (κ1) is 11.9. The van der Waals surface area contributed by atoms with Crippen molar-refractivity contribution in [3.8, 4) is 17.7 Å². The van der Waals surface area contributed by atoms with E-state index >= 15 is 0 Å². The Labute approximate surface area is 115 Å². The maximum atomic E-state index is 9.17. The molecule has 0 aromatic carbocycles. The number of aryl methyl sites for hydroxylation is 2. The zero-order valence-electron chi connectivity index (χ0n) is 10.1. The van der Waals surface area contributed by atoms with Crippen molar-refractivity contribution in [3.63, 3.8) is 0 Å². The Balaban J connectivity index is 1.99. The second kappa shape index (κ2) is 4.87. The summed E-state index contributed by atoms with van der Waals surface area (Å²) in [5.74, 6) is 0.807. The minimum atomic E-state index is 0.326. The molecule has 0 unspecified atom stereocenters. The molecule has 1 aliphatic carbocycles. The van der Waals surface area contributed by atoms with E-state index in [1.165, 1.54) is 6.20 Å². The fraction of sp³-hybridized carbons (Fsp3) is 0.214. The van der Waals surface area contributed by atoms with Gasteiger partial charge in [0.2, 0.25) is 5.88 Å². The molecule has 5 heteroatoms. The van der Waals surface area contributed by atoms with Crippen LogP contribution < -0.4 is 4.74 Å². The molecule has 0 atom stereocenters. The van der Waals surface area contributed by atoms with Crippen LogP contribution in [0.1, 0.15) is 23.2 Å². The summed E-state index contributed by atoms with van der Waals surface area (Å²) in [6, 6.07) is 5.63. The van der Waals surface area contributed by atoms with Crippen LogP contribution in [0.4, 0.5) is 0 Å². The number of nitrogens with zero attached hydrogens (tertiary/aromatic N) is 3. The van der Waals surface area contributed by atoms with Crippen LogP contribution in [0.3, 0.4) is 0 Å². The lowest BCUT2D eigenvalue weighted by Gasteiger charge is -2.08. The van der Waals surface area contributed by atoms with E-state index in [0.717, 1.165) is 30.5 Å². The summed E-state index contributed by atoms with van der Waals surface area (Å²) in [6.07, 6.45) is 6.06. The second-order valence-corrected chi connectivity index (χ2v) is 4.79. The Bertz CT molecular complexity index is 679. The predicted octanol–water partition coefficient (Wildman–Crippen LogP) is 3.28. The van der Waals surface area contributed by atoms with E-state index in [-0.39, 0.29) is 0 Å². The van der Waals surface area contributed by atoms with Gasteiger partial charge in [-0.25, -0.2) is 4.98 Å². The highest BCUT2D eigenvalue weighted by atomic mass is 35.5. The summed E-state index contributed by atoms with van der Waals surface area (Å²) in [6.45, 7) is 0. The monoisotopic (exact) mass is 271 g/mol. The largest absolute Gasteiger partial charge is 0.436 e. The summed E-state index contributed by atoms with van der Waals surface area (Å²) in [5.41, 5.74) is 2.61. The molecular formula is C14H10ClN3O. The molecule has 0 saturated heterocycles. The molecule has 3 rings (SSSR count). The van der Waals surface area contributed by atoms with Gasteiger partial charge in [0.25, 0.3) is 0 Å². The van der Waals surface area contributed by atoms with E-state index in [4.69, 9.17) is 16.3 Å². The molecule has 0 aliphatic heterocycles. The third kappa shape index (κ3) is 2.38. The average molecular weight is 272 g/mol. The Morgan fingerprint density at radius 2 is 2.16 bits per heavy atom. The van der Waals surface area contributed by atoms with E-state index in [2.05, 4.69) is 16.0 Å². The van der Waals surface area contributed by atoms with Crippen LogP contribution in [0.15, 0.2) is 24.5 Å². The Morgan fingerprint density at radius 3 is 2.95 bits per heavy atom. The molecule has 2 aromatic rings. The van der Waals surface area contributed by atoms with Gasteiger partial charge < -0.3 is 4.74 Å². The van der Waals surface area contributed by atoms with E-state index in [1.807, 2.05) is 6.07 Å². The van der Waals surface area contributed by atoms with E-state index in [0.29, 0.717) is 22.2 Å². The number of fused-ring (bicyclic) bond motifs is 1. The molecule has 0 amide bonds. The topological polar surface area (TPSA) is 58.8 Å². The fourth-order valence-corrected chi connectivity index (χ4v) is 2.33. The van der Waals surface area contributed by atoms with Crippen molar-refractivity contribution in [1.29, 1.82) is 5.26 Å². The lowest BCUT2D eigenvalue weighted by atomic mass is 10.1. The number of hydrogen-bond donors (Lipinski definition) is 0. The van der Waals surface area contributed by atoms with Gasteiger partial charge in [-0.2, -0.15) is 5.26 Å². The molecule has 94 valence electrons. The van der Waals surface area contributed by atoms with Crippen LogP contribution in [-0.2, 0) is 12.8 Å². The molecule has 0 radical (unpaired) electrons. The average Bonchev–Trinajstić information content (AvgIpc) is 2.85. The lowest BCUT2D eigenvalue weighted by molar-refractivity contribution is 0.457. The van der Waals surface area contributed by atoms with Crippen LogP contribution in [0.5, 0.6) is 11.6 Å². The molecule has 4 nitrogen and oxygen atoms in total. The van der Waals surface area contributed by atoms with Gasteiger partial charge >= 0.3 is 0 Å². The molecule has 0 spiro atoms. The number of halogens is 1. The number of pyridine rings is 2. The van der Waals surface area contributed by atoms with Crippen LogP contribution >= 0.6 is 11.6 Å². The van der Waals surface area contributed by atoms with Crippen LogP contribution in [0.2, 0.25) is 5.02 Å². The highest BCUT2D eigenvalue weighted by Gasteiger charge is 2.17. The number of hydrogen-bond acceptors (Lipinski definition) is 4. The molecule has 2 heterocycles. The van der Waals surface area contributed by atoms with Crippen LogP contribution in [0.25, 0.3) is 0 Å². The van der Waals surface area contributed by atoms with Crippen molar-refractivity contribution in [3.05, 3.63) is 46.4 Å². The number of ether oxygens (including phenoxy) is 1. The fourth-order valence-electron chi connectivity index (χ4n) is 2.17. The van der Waals surface area contributed by atoms with Crippen molar-refractivity contribution in [1.82, 2.24) is 9.97 Å². The van der Waals surface area contributed by atoms with Crippen molar-refractivity contribution in [2.24, 2.45) is 0 Å². The van der Waals surface area contributed by atoms with E-state index in [9.17, 15) is 5.26 Å². The lowest BCUT2D eigenvalue weighted by Crippen LogP contribution is -1.97. The van der Waals surface area contributed by atoms with Gasteiger partial charge in [-0.3, -0.25) is 4.98 Å². The molecule has 19 heavy (non-hydrogen) atoms. The smallest absolute Gasteiger partial charge is 0.237 e. The van der Waals surface area contributed by atoms with Gasteiger partial charge in [0.1, 0.15) is 17.4 Å². The summed E-state index contributed by atoms with van der Waals surface area (Å²) in [7, 11) is 0. The van der Waals surface area contributed by atoms with Crippen molar-refractivity contribution >= 4 is 11.6 Å². The number of aromatic nitrogens is 2. The third-order valence-corrected chi connectivity index (χ3v) is 3.24. The van der Waals surface area contributed by atoms with Gasteiger partial charge in [0, 0.05) is 18.0 Å². The third-order valence-electron chi connectivity index (χ3n) is 3.03. The standard InChI is InChI=1S/C14H10ClN3O/c15-11-5-12(8-17-7-11)19-14-10(6-16)4-9-2-1-3-13(9)18-14/h4-5,7-8H,1-3H2. The zero-order chi connectivity index (χ0) is 13.2. The maximum Gasteiger partial charge on any atom is 0.237 e. The van der Waals surface area contributed by atoms with Crippen molar-refractivity contribution in [2.75, 3.05) is 0 Å². The van der Waals surface area contributed by atoms with Crippen LogP contribution in [-0.4, -0.2) is 9.97 Å². The quantitative estimate of drug-likeness (QED) is 0.841. The first-order chi connectivity index (χ1) is 9.26. The molecule has 0 fully saturated rings. The van der Waals surface area contributed by atoms with Gasteiger partial charge in [-0.1, -0.05) is 11.6 Å². The molecule has 0 saturated carbocycles. The second-order valence-electron chi connectivity index (χ2n) is 4.35. The molecule has 1 aliphatic rings. The van der Waals surface area contributed by atoms with Gasteiger partial charge in [-0.15, -0.1) is 0 Å². The summed E-state index contributed by atoms with van der Waals surface area (Å²) in [4.78, 5) is 8.37. The van der Waals surface area contributed by atoms with E-state index in [1.54, 1.807) is 12.3 Å². The summed E-state index contributed by atoms with van der Waals surface area (Å²) >= 11 is 5.85. The minimum absolute atomic E-state index is 0.326. The maximum absolute atomic E-state index is 9.17. The molecule has 0 N–H and O–H groups in total. The Hall–Kier alpha value is -2.12. The Kier molecular flexibility index (Phi) is 3.06. The van der Waals surface area contributed by atoms with E-state index < -0.39 is 0 Å². The zero-order valence-corrected chi connectivity index (χ0v) is 10.8. The molecule has 0 bridgehead atoms. The van der Waals surface area contributed by atoms with Gasteiger partial charge in [-0.05, 0) is 30.9 Å². The highest BCUT2D eigenvalue weighted by Crippen LogP contribution is 2.29. The predicted molar refractivity (Wildman–Crippen MR) is 70.3 cm³/mol. The first-order valence-electron chi connectivity index (χ1n) is 5.97. The first-order valence-corrected chi connectivity index (χ1v) is 6.35. The molecule has 2 aromatic heterocycles. The summed E-state index contributed by atoms with van der Waals surface area (Å²) in [5, 5.41) is 9.65. The Morgan fingerprint density at radius 1 is 1.26 bits per heavy atom. The van der Waals surface area contributed by atoms with Gasteiger partial charge in [0.15, 0.2) is 0 Å². The molecular weight excluding hydrogens is 262 g/mol. The minimum Gasteiger partial charge on any atom is -0.436 e. The normalized spacial score (nSPS) is 12.8. The van der Waals surface area contributed by atoms with Crippen LogP contribution in [0, 0.1) is 11.3 Å². The number of rotatable bonds is 2. The van der Waals surface area contributed by atoms with Crippen molar-refractivity contribution < 1.29 is 4.74 Å². The summed E-state index contributed by atoms with van der Waals surface area (Å²) < 4.78 is 5.63. The van der Waals surface area contributed by atoms with Gasteiger partial charge in [0.05, 0.1) is 11.2 Å². The van der Waals surface area contributed by atoms with Crippen molar-refractivity contribution in [2.45, 2.75) is 19.3 Å². The highest BCUT2D eigenvalue weighted by molar-refractivity contribution is 6.30. The SMILES string of the molecule is N#Cc1cc2c(nc1Oc1cncc(Cl)c1)CCC2.